The van der Waals surface area contributed by atoms with Gasteiger partial charge in [0.15, 0.2) is 0 Å². The molecule has 0 aliphatic rings. The van der Waals surface area contributed by atoms with Crippen LogP contribution in [-0.2, 0) is 0 Å². The average Bonchev–Trinajstić information content (AvgIpc) is 2.06. The molecule has 12 heavy (non-hydrogen) atoms. The number of hydrazine groups is 1. The van der Waals surface area contributed by atoms with E-state index >= 15 is 0 Å². The van der Waals surface area contributed by atoms with Crippen LogP contribution in [0.15, 0.2) is 41.1 Å². The molecule has 3 nitrogen and oxygen atoms in total. The van der Waals surface area contributed by atoms with Crippen LogP contribution in [0, 0.1) is 0 Å². The molecule has 0 bridgehead atoms. The van der Waals surface area contributed by atoms with Crippen molar-refractivity contribution in [2.75, 3.05) is 5.01 Å². The number of benzene rings is 1. The Kier molecular flexibility index (Phi) is 3.13. The van der Waals surface area contributed by atoms with Crippen LogP contribution in [0.4, 0.5) is 5.69 Å². The Labute approximate surface area is 79.7 Å². The SMILES string of the molecule is N/C=C\N(N)c1ccc(Br)cc1. The van der Waals surface area contributed by atoms with Crippen molar-refractivity contribution >= 4 is 21.6 Å². The summed E-state index contributed by atoms with van der Waals surface area (Å²) in [4.78, 5) is 0. The van der Waals surface area contributed by atoms with E-state index < -0.39 is 0 Å². The van der Waals surface area contributed by atoms with Crippen LogP contribution in [0.5, 0.6) is 0 Å². The molecule has 0 heterocycles. The van der Waals surface area contributed by atoms with Crippen LogP contribution in [0.1, 0.15) is 0 Å². The number of nitrogens with two attached hydrogens (primary N) is 2. The standard InChI is InChI=1S/C8H10BrN3/c9-7-1-3-8(4-2-7)12(11)6-5-10/h1-6H,10-11H2/b6-5-. The molecule has 0 saturated carbocycles. The number of hydrogen-bond donors (Lipinski definition) is 2. The summed E-state index contributed by atoms with van der Waals surface area (Å²) in [5.41, 5.74) is 6.07. The predicted molar refractivity (Wildman–Crippen MR) is 54.1 cm³/mol. The molecule has 0 amide bonds. The molecule has 0 unspecified atom stereocenters. The van der Waals surface area contributed by atoms with Crippen LogP contribution in [0.2, 0.25) is 0 Å². The maximum absolute atomic E-state index is 5.61. The highest BCUT2D eigenvalue weighted by Gasteiger charge is 1.95. The molecule has 64 valence electrons. The number of nitrogens with zero attached hydrogens (tertiary/aromatic N) is 1. The predicted octanol–water partition coefficient (Wildman–Crippen LogP) is 1.56. The van der Waals surface area contributed by atoms with Gasteiger partial charge in [-0.05, 0) is 24.3 Å². The molecule has 1 aromatic carbocycles. The number of anilines is 1. The summed E-state index contributed by atoms with van der Waals surface area (Å²) >= 11 is 3.33. The molecule has 0 radical (unpaired) electrons. The van der Waals surface area contributed by atoms with E-state index in [2.05, 4.69) is 15.9 Å². The molecule has 0 spiro atoms. The first-order chi connectivity index (χ1) is 5.74. The summed E-state index contributed by atoms with van der Waals surface area (Å²) in [6.07, 6.45) is 2.98. The second-order valence-electron chi connectivity index (χ2n) is 2.23. The summed E-state index contributed by atoms with van der Waals surface area (Å²) in [6.45, 7) is 0. The van der Waals surface area contributed by atoms with E-state index in [1.807, 2.05) is 24.3 Å². The molecule has 4 N–H and O–H groups in total. The van der Waals surface area contributed by atoms with Gasteiger partial charge in [0.05, 0.1) is 5.69 Å². The molecule has 0 aromatic heterocycles. The normalized spacial score (nSPS) is 10.5. The van der Waals surface area contributed by atoms with Gasteiger partial charge in [-0.25, -0.2) is 5.84 Å². The van der Waals surface area contributed by atoms with Crippen molar-refractivity contribution in [1.82, 2.24) is 0 Å². The maximum Gasteiger partial charge on any atom is 0.0569 e. The minimum atomic E-state index is 0.889. The molecule has 4 heteroatoms. The van der Waals surface area contributed by atoms with Crippen molar-refractivity contribution in [2.24, 2.45) is 11.6 Å². The average molecular weight is 228 g/mol. The Morgan fingerprint density at radius 1 is 1.25 bits per heavy atom. The topological polar surface area (TPSA) is 55.3 Å². The maximum atomic E-state index is 5.61. The van der Waals surface area contributed by atoms with E-state index in [9.17, 15) is 0 Å². The minimum Gasteiger partial charge on any atom is -0.403 e. The van der Waals surface area contributed by atoms with E-state index in [1.54, 1.807) is 6.20 Å². The smallest absolute Gasteiger partial charge is 0.0569 e. The summed E-state index contributed by atoms with van der Waals surface area (Å²) in [5, 5.41) is 1.45. The van der Waals surface area contributed by atoms with Gasteiger partial charge in [0.25, 0.3) is 0 Å². The van der Waals surface area contributed by atoms with Crippen molar-refractivity contribution < 1.29 is 0 Å². The van der Waals surface area contributed by atoms with Crippen LogP contribution in [-0.4, -0.2) is 0 Å². The van der Waals surface area contributed by atoms with Crippen molar-refractivity contribution in [3.8, 4) is 0 Å². The molecule has 1 aromatic rings. The molecule has 0 aliphatic heterocycles. The lowest BCUT2D eigenvalue weighted by molar-refractivity contribution is 1.07. The van der Waals surface area contributed by atoms with E-state index in [0.717, 1.165) is 10.2 Å². The quantitative estimate of drug-likeness (QED) is 0.596. The van der Waals surface area contributed by atoms with Crippen molar-refractivity contribution in [1.29, 1.82) is 0 Å². The second-order valence-corrected chi connectivity index (χ2v) is 3.14. The third-order valence-corrected chi connectivity index (χ3v) is 1.90. The van der Waals surface area contributed by atoms with E-state index in [-0.39, 0.29) is 0 Å². The van der Waals surface area contributed by atoms with Gasteiger partial charge in [-0.3, -0.25) is 5.01 Å². The Morgan fingerprint density at radius 3 is 2.33 bits per heavy atom. The minimum absolute atomic E-state index is 0.889. The summed E-state index contributed by atoms with van der Waals surface area (Å²) in [5.74, 6) is 5.61. The Balaban J connectivity index is 2.82. The fourth-order valence-corrected chi connectivity index (χ4v) is 1.06. The fraction of sp³-hybridized carbons (Fsp3) is 0. The van der Waals surface area contributed by atoms with Gasteiger partial charge >= 0.3 is 0 Å². The van der Waals surface area contributed by atoms with Gasteiger partial charge in [-0.15, -0.1) is 0 Å². The van der Waals surface area contributed by atoms with Gasteiger partial charge in [-0.2, -0.15) is 0 Å². The lowest BCUT2D eigenvalue weighted by Gasteiger charge is -2.12. The molecule has 0 aliphatic carbocycles. The van der Waals surface area contributed by atoms with Crippen LogP contribution < -0.4 is 16.6 Å². The van der Waals surface area contributed by atoms with Crippen molar-refractivity contribution in [3.05, 3.63) is 41.1 Å². The lowest BCUT2D eigenvalue weighted by atomic mass is 10.3. The van der Waals surface area contributed by atoms with E-state index in [0.29, 0.717) is 0 Å². The highest BCUT2D eigenvalue weighted by Crippen LogP contribution is 2.15. The van der Waals surface area contributed by atoms with Crippen LogP contribution >= 0.6 is 15.9 Å². The summed E-state index contributed by atoms with van der Waals surface area (Å²) in [6, 6.07) is 7.62. The molecule has 1 rings (SSSR count). The second kappa shape index (κ2) is 4.13. The zero-order valence-electron chi connectivity index (χ0n) is 6.44. The van der Waals surface area contributed by atoms with Crippen molar-refractivity contribution in [2.45, 2.75) is 0 Å². The largest absolute Gasteiger partial charge is 0.403 e. The van der Waals surface area contributed by atoms with Crippen LogP contribution in [0.25, 0.3) is 0 Å². The third kappa shape index (κ3) is 2.25. The number of hydrogen-bond acceptors (Lipinski definition) is 3. The zero-order chi connectivity index (χ0) is 8.97. The lowest BCUT2D eigenvalue weighted by Crippen LogP contribution is -2.24. The molecular formula is C8H10BrN3. The van der Waals surface area contributed by atoms with Gasteiger partial charge in [0.1, 0.15) is 0 Å². The first kappa shape index (κ1) is 9.09. The highest BCUT2D eigenvalue weighted by atomic mass is 79.9. The van der Waals surface area contributed by atoms with E-state index in [4.69, 9.17) is 11.6 Å². The Morgan fingerprint density at radius 2 is 1.83 bits per heavy atom. The fourth-order valence-electron chi connectivity index (χ4n) is 0.792. The zero-order valence-corrected chi connectivity index (χ0v) is 8.03. The van der Waals surface area contributed by atoms with Crippen LogP contribution in [0.3, 0.4) is 0 Å². The molecular weight excluding hydrogens is 218 g/mol. The molecule has 0 fully saturated rings. The van der Waals surface area contributed by atoms with Crippen molar-refractivity contribution in [3.63, 3.8) is 0 Å². The highest BCUT2D eigenvalue weighted by molar-refractivity contribution is 9.10. The monoisotopic (exact) mass is 227 g/mol. The third-order valence-electron chi connectivity index (χ3n) is 1.37. The Hall–Kier alpha value is -1.00. The van der Waals surface area contributed by atoms with Gasteiger partial charge in [0.2, 0.25) is 0 Å². The molecule has 0 atom stereocenters. The van der Waals surface area contributed by atoms with Gasteiger partial charge in [-0.1, -0.05) is 15.9 Å². The van der Waals surface area contributed by atoms with Gasteiger partial charge in [0, 0.05) is 16.9 Å². The summed E-state index contributed by atoms with van der Waals surface area (Å²) < 4.78 is 1.02. The van der Waals surface area contributed by atoms with Gasteiger partial charge < -0.3 is 5.73 Å². The first-order valence-electron chi connectivity index (χ1n) is 3.42. The molecule has 0 saturated heterocycles. The number of halogens is 1. The first-order valence-corrected chi connectivity index (χ1v) is 4.21. The van der Waals surface area contributed by atoms with E-state index in [1.165, 1.54) is 11.2 Å². The summed E-state index contributed by atoms with van der Waals surface area (Å²) in [7, 11) is 0. The Bertz CT molecular complexity index is 268. The number of rotatable bonds is 2.